The van der Waals surface area contributed by atoms with E-state index in [-0.39, 0.29) is 12.1 Å². The number of aromatic nitrogens is 2. The van der Waals surface area contributed by atoms with Crippen LogP contribution < -0.4 is 15.0 Å². The van der Waals surface area contributed by atoms with Gasteiger partial charge in [-0.3, -0.25) is 4.90 Å². The van der Waals surface area contributed by atoms with Gasteiger partial charge in [-0.15, -0.1) is 0 Å². The summed E-state index contributed by atoms with van der Waals surface area (Å²) >= 11 is 0. The number of urea groups is 1. The average molecular weight is 453 g/mol. The van der Waals surface area contributed by atoms with Crippen molar-refractivity contribution in [2.24, 2.45) is 5.92 Å². The zero-order valence-corrected chi connectivity index (χ0v) is 19.8. The summed E-state index contributed by atoms with van der Waals surface area (Å²) in [6.45, 7) is 8.21. The zero-order chi connectivity index (χ0) is 23.0. The Labute approximate surface area is 196 Å². The Hall–Kier alpha value is -2.87. The molecule has 2 amide bonds. The third-order valence-electron chi connectivity index (χ3n) is 6.78. The Morgan fingerprint density at radius 1 is 1.12 bits per heavy atom. The first-order chi connectivity index (χ1) is 16.1. The molecular formula is C25H36N6O2. The Bertz CT molecular complexity index is 887. The van der Waals surface area contributed by atoms with Gasteiger partial charge in [-0.05, 0) is 50.8 Å². The third-order valence-corrected chi connectivity index (χ3v) is 6.78. The minimum atomic E-state index is 0.0372. The fourth-order valence-electron chi connectivity index (χ4n) is 4.80. The van der Waals surface area contributed by atoms with E-state index in [1.165, 1.54) is 18.4 Å². The van der Waals surface area contributed by atoms with Crippen LogP contribution in [0.15, 0.2) is 42.6 Å². The first kappa shape index (κ1) is 23.3. The standard InChI is InChI=1S/C25H36N6O2/c1-20-18-30(24-26-13-9-23(28-24)33-2)16-17-31(20)25(32)27-12-8-21-10-14-29(15-11-21)19-22-6-4-3-5-7-22/h3-7,9,13,20-21H,8,10-12,14-19H2,1-2H3,(H,27,32)/t20-/m1/s1. The number of anilines is 1. The normalized spacial score (nSPS) is 20.0. The van der Waals surface area contributed by atoms with E-state index in [9.17, 15) is 4.79 Å². The highest BCUT2D eigenvalue weighted by Crippen LogP contribution is 2.22. The molecule has 178 valence electrons. The first-order valence-corrected chi connectivity index (χ1v) is 12.0. The van der Waals surface area contributed by atoms with Crippen LogP contribution in [0.3, 0.4) is 0 Å². The van der Waals surface area contributed by atoms with Crippen molar-refractivity contribution in [2.45, 2.75) is 38.8 Å². The molecule has 2 aliphatic rings. The number of carbonyl (C=O) groups excluding carboxylic acids is 1. The van der Waals surface area contributed by atoms with Crippen molar-refractivity contribution in [3.63, 3.8) is 0 Å². The molecule has 1 aromatic carbocycles. The third kappa shape index (κ3) is 6.35. The number of benzene rings is 1. The van der Waals surface area contributed by atoms with Crippen LogP contribution in [-0.4, -0.2) is 78.2 Å². The maximum atomic E-state index is 12.8. The SMILES string of the molecule is COc1ccnc(N2CCN(C(=O)NCCC3CCN(Cc4ccccc4)CC3)[C@H](C)C2)n1. The second kappa shape index (κ2) is 11.3. The Kier molecular flexibility index (Phi) is 7.99. The summed E-state index contributed by atoms with van der Waals surface area (Å²) in [5.41, 5.74) is 1.38. The van der Waals surface area contributed by atoms with E-state index in [1.807, 2.05) is 4.90 Å². The zero-order valence-electron chi connectivity index (χ0n) is 19.8. The second-order valence-electron chi connectivity index (χ2n) is 9.11. The molecular weight excluding hydrogens is 416 g/mol. The molecule has 2 aliphatic heterocycles. The van der Waals surface area contributed by atoms with E-state index < -0.39 is 0 Å². The number of hydrogen-bond acceptors (Lipinski definition) is 6. The van der Waals surface area contributed by atoms with Gasteiger partial charge in [0.15, 0.2) is 0 Å². The molecule has 0 spiro atoms. The molecule has 0 bridgehead atoms. The summed E-state index contributed by atoms with van der Waals surface area (Å²) in [7, 11) is 1.60. The molecule has 2 aromatic rings. The van der Waals surface area contributed by atoms with Crippen molar-refractivity contribution in [1.29, 1.82) is 0 Å². The number of likely N-dealkylation sites (tertiary alicyclic amines) is 1. The lowest BCUT2D eigenvalue weighted by Crippen LogP contribution is -2.57. The minimum Gasteiger partial charge on any atom is -0.481 e. The van der Waals surface area contributed by atoms with Crippen LogP contribution in [-0.2, 0) is 6.54 Å². The van der Waals surface area contributed by atoms with Gasteiger partial charge in [-0.25, -0.2) is 9.78 Å². The first-order valence-electron chi connectivity index (χ1n) is 12.0. The summed E-state index contributed by atoms with van der Waals surface area (Å²) in [4.78, 5) is 28.1. The molecule has 2 fully saturated rings. The number of hydrogen-bond donors (Lipinski definition) is 1. The van der Waals surface area contributed by atoms with Gasteiger partial charge in [0.25, 0.3) is 0 Å². The predicted molar refractivity (Wildman–Crippen MR) is 129 cm³/mol. The van der Waals surface area contributed by atoms with E-state index in [2.05, 4.69) is 62.3 Å². The predicted octanol–water partition coefficient (Wildman–Crippen LogP) is 3.01. The number of ether oxygens (including phenoxy) is 1. The fraction of sp³-hybridized carbons (Fsp3) is 0.560. The Morgan fingerprint density at radius 2 is 1.91 bits per heavy atom. The van der Waals surface area contributed by atoms with Crippen molar-refractivity contribution in [1.82, 2.24) is 25.1 Å². The Balaban J connectivity index is 1.15. The molecule has 0 saturated carbocycles. The molecule has 0 unspecified atom stereocenters. The molecule has 33 heavy (non-hydrogen) atoms. The van der Waals surface area contributed by atoms with E-state index in [4.69, 9.17) is 4.74 Å². The monoisotopic (exact) mass is 452 g/mol. The van der Waals surface area contributed by atoms with Crippen molar-refractivity contribution in [2.75, 3.05) is 51.3 Å². The molecule has 8 heteroatoms. The lowest BCUT2D eigenvalue weighted by atomic mass is 9.93. The molecule has 0 aliphatic carbocycles. The summed E-state index contributed by atoms with van der Waals surface area (Å²) in [6.07, 6.45) is 5.17. The number of amides is 2. The fourth-order valence-corrected chi connectivity index (χ4v) is 4.80. The van der Waals surface area contributed by atoms with E-state index in [1.54, 1.807) is 19.4 Å². The van der Waals surface area contributed by atoms with Crippen molar-refractivity contribution < 1.29 is 9.53 Å². The average Bonchev–Trinajstić information content (AvgIpc) is 2.85. The van der Waals surface area contributed by atoms with Gasteiger partial charge in [0.2, 0.25) is 11.8 Å². The number of nitrogens with zero attached hydrogens (tertiary/aromatic N) is 5. The van der Waals surface area contributed by atoms with E-state index in [0.717, 1.165) is 32.6 Å². The van der Waals surface area contributed by atoms with Gasteiger partial charge in [0.05, 0.1) is 7.11 Å². The number of piperidine rings is 1. The molecule has 8 nitrogen and oxygen atoms in total. The van der Waals surface area contributed by atoms with Gasteiger partial charge in [0.1, 0.15) is 0 Å². The smallest absolute Gasteiger partial charge is 0.317 e. The van der Waals surface area contributed by atoms with E-state index in [0.29, 0.717) is 37.4 Å². The van der Waals surface area contributed by atoms with Gasteiger partial charge in [-0.2, -0.15) is 4.98 Å². The molecule has 1 atom stereocenters. The Morgan fingerprint density at radius 3 is 2.64 bits per heavy atom. The molecule has 4 rings (SSSR count). The van der Waals surface area contributed by atoms with Gasteiger partial charge in [-0.1, -0.05) is 30.3 Å². The molecule has 1 aromatic heterocycles. The summed E-state index contributed by atoms with van der Waals surface area (Å²) in [5.74, 6) is 1.90. The van der Waals surface area contributed by atoms with Crippen LogP contribution >= 0.6 is 0 Å². The van der Waals surface area contributed by atoms with E-state index >= 15 is 0 Å². The largest absolute Gasteiger partial charge is 0.481 e. The molecule has 2 saturated heterocycles. The number of carbonyl (C=O) groups is 1. The minimum absolute atomic E-state index is 0.0372. The lowest BCUT2D eigenvalue weighted by molar-refractivity contribution is 0.162. The molecule has 0 radical (unpaired) electrons. The summed E-state index contributed by atoms with van der Waals surface area (Å²) in [5, 5.41) is 3.16. The van der Waals surface area contributed by atoms with Gasteiger partial charge < -0.3 is 19.9 Å². The van der Waals surface area contributed by atoms with Gasteiger partial charge in [0, 0.05) is 51.0 Å². The van der Waals surface area contributed by atoms with Crippen LogP contribution in [0.2, 0.25) is 0 Å². The van der Waals surface area contributed by atoms with Crippen LogP contribution in [0, 0.1) is 5.92 Å². The highest BCUT2D eigenvalue weighted by Gasteiger charge is 2.29. The highest BCUT2D eigenvalue weighted by molar-refractivity contribution is 5.74. The second-order valence-corrected chi connectivity index (χ2v) is 9.11. The molecule has 1 N–H and O–H groups in total. The van der Waals surface area contributed by atoms with Gasteiger partial charge >= 0.3 is 6.03 Å². The number of piperazine rings is 1. The summed E-state index contributed by atoms with van der Waals surface area (Å²) < 4.78 is 5.20. The van der Waals surface area contributed by atoms with Crippen molar-refractivity contribution >= 4 is 12.0 Å². The quantitative estimate of drug-likeness (QED) is 0.696. The number of nitrogens with one attached hydrogen (secondary N) is 1. The van der Waals surface area contributed by atoms with Crippen LogP contribution in [0.25, 0.3) is 0 Å². The number of rotatable bonds is 7. The van der Waals surface area contributed by atoms with Crippen molar-refractivity contribution in [3.8, 4) is 5.88 Å². The van der Waals surface area contributed by atoms with Crippen LogP contribution in [0.5, 0.6) is 5.88 Å². The maximum absolute atomic E-state index is 12.8. The topological polar surface area (TPSA) is 73.8 Å². The lowest BCUT2D eigenvalue weighted by Gasteiger charge is -2.39. The van der Waals surface area contributed by atoms with Crippen molar-refractivity contribution in [3.05, 3.63) is 48.2 Å². The molecule has 3 heterocycles. The van der Waals surface area contributed by atoms with Crippen LogP contribution in [0.4, 0.5) is 10.7 Å². The highest BCUT2D eigenvalue weighted by atomic mass is 16.5. The maximum Gasteiger partial charge on any atom is 0.317 e. The number of methoxy groups -OCH3 is 1. The summed E-state index contributed by atoms with van der Waals surface area (Å²) in [6, 6.07) is 12.6. The van der Waals surface area contributed by atoms with Crippen LogP contribution in [0.1, 0.15) is 31.7 Å².